The Morgan fingerprint density at radius 2 is 1.84 bits per heavy atom. The Kier molecular flexibility index (Phi) is 5.05. The first-order chi connectivity index (χ1) is 12.1. The number of rotatable bonds is 5. The number of halogens is 1. The molecule has 128 valence electrons. The summed E-state index contributed by atoms with van der Waals surface area (Å²) in [5.74, 6) is -0.566. The lowest BCUT2D eigenvalue weighted by Crippen LogP contribution is -2.26. The Morgan fingerprint density at radius 1 is 1.12 bits per heavy atom. The Balaban J connectivity index is 1.74. The first-order valence-corrected chi connectivity index (χ1v) is 8.13. The molecular formula is C19H17ClN2O3. The molecule has 5 nitrogen and oxygen atoms in total. The summed E-state index contributed by atoms with van der Waals surface area (Å²) < 4.78 is 6.56. The fraction of sp³-hybridized carbons (Fsp3) is 0.158. The molecule has 3 rings (SSSR count). The number of esters is 1. The molecule has 0 fully saturated rings. The molecule has 6 heteroatoms. The van der Waals surface area contributed by atoms with E-state index >= 15 is 0 Å². The summed E-state index contributed by atoms with van der Waals surface area (Å²) in [5.41, 5.74) is 2.22. The van der Waals surface area contributed by atoms with E-state index in [1.807, 2.05) is 36.4 Å². The molecular weight excluding hydrogens is 340 g/mol. The zero-order valence-electron chi connectivity index (χ0n) is 13.7. The maximum atomic E-state index is 12.3. The lowest BCUT2D eigenvalue weighted by molar-refractivity contribution is -0.121. The van der Waals surface area contributed by atoms with Gasteiger partial charge in [0.15, 0.2) is 0 Å². The number of hydrogen-bond acceptors (Lipinski definition) is 3. The largest absolute Gasteiger partial charge is 0.465 e. The number of fused-ring (bicyclic) bond motifs is 1. The van der Waals surface area contributed by atoms with Gasteiger partial charge in [0.1, 0.15) is 6.54 Å². The summed E-state index contributed by atoms with van der Waals surface area (Å²) in [6.45, 7) is 0.532. The second kappa shape index (κ2) is 7.40. The maximum absolute atomic E-state index is 12.3. The number of aromatic nitrogens is 1. The molecule has 0 aliphatic rings. The van der Waals surface area contributed by atoms with E-state index in [0.717, 1.165) is 16.5 Å². The molecule has 0 saturated heterocycles. The molecule has 0 spiro atoms. The predicted molar refractivity (Wildman–Crippen MR) is 96.6 cm³/mol. The van der Waals surface area contributed by atoms with Crippen LogP contribution in [-0.2, 0) is 22.6 Å². The first kappa shape index (κ1) is 17.0. The number of methoxy groups -OCH3 is 1. The molecule has 1 N–H and O–H groups in total. The van der Waals surface area contributed by atoms with Crippen molar-refractivity contribution in [2.45, 2.75) is 13.1 Å². The fourth-order valence-electron chi connectivity index (χ4n) is 2.66. The number of nitrogens with one attached hydrogen (secondary N) is 1. The fourth-order valence-corrected chi connectivity index (χ4v) is 2.79. The van der Waals surface area contributed by atoms with Crippen LogP contribution in [0.4, 0.5) is 0 Å². The van der Waals surface area contributed by atoms with E-state index in [9.17, 15) is 9.59 Å². The molecule has 0 unspecified atom stereocenters. The summed E-state index contributed by atoms with van der Waals surface area (Å²) in [6, 6.07) is 14.7. The number of nitrogens with zero attached hydrogens (tertiary/aromatic N) is 1. The van der Waals surface area contributed by atoms with Gasteiger partial charge in [-0.2, -0.15) is 0 Å². The average molecular weight is 357 g/mol. The van der Waals surface area contributed by atoms with Crippen molar-refractivity contribution in [1.82, 2.24) is 9.88 Å². The molecule has 0 radical (unpaired) electrons. The third kappa shape index (κ3) is 3.83. The SMILES string of the molecule is COC(=O)c1cn(CC(=O)NCc2ccc(Cl)cc2)c2ccccc12. The number of benzene rings is 2. The van der Waals surface area contributed by atoms with E-state index in [2.05, 4.69) is 5.32 Å². The summed E-state index contributed by atoms with van der Waals surface area (Å²) >= 11 is 5.85. The van der Waals surface area contributed by atoms with Crippen LogP contribution in [0.2, 0.25) is 5.02 Å². The highest BCUT2D eigenvalue weighted by atomic mass is 35.5. The highest BCUT2D eigenvalue weighted by molar-refractivity contribution is 6.30. The number of para-hydroxylation sites is 1. The van der Waals surface area contributed by atoms with Gasteiger partial charge in [-0.05, 0) is 23.8 Å². The van der Waals surface area contributed by atoms with Gasteiger partial charge in [0.25, 0.3) is 0 Å². The van der Waals surface area contributed by atoms with Gasteiger partial charge >= 0.3 is 5.97 Å². The summed E-state index contributed by atoms with van der Waals surface area (Å²) in [6.07, 6.45) is 1.65. The third-order valence-electron chi connectivity index (χ3n) is 3.91. The van der Waals surface area contributed by atoms with E-state index in [0.29, 0.717) is 17.1 Å². The molecule has 0 bridgehead atoms. The van der Waals surface area contributed by atoms with E-state index in [4.69, 9.17) is 16.3 Å². The smallest absolute Gasteiger partial charge is 0.340 e. The van der Waals surface area contributed by atoms with Crippen molar-refractivity contribution in [2.75, 3.05) is 7.11 Å². The molecule has 0 aliphatic heterocycles. The van der Waals surface area contributed by atoms with Gasteiger partial charge < -0.3 is 14.6 Å². The van der Waals surface area contributed by atoms with Gasteiger partial charge in [0.2, 0.25) is 5.91 Å². The van der Waals surface area contributed by atoms with Crippen LogP contribution in [0.25, 0.3) is 10.9 Å². The minimum Gasteiger partial charge on any atom is -0.465 e. The van der Waals surface area contributed by atoms with Crippen LogP contribution < -0.4 is 5.32 Å². The number of hydrogen-bond donors (Lipinski definition) is 1. The van der Waals surface area contributed by atoms with Crippen LogP contribution in [0.15, 0.2) is 54.7 Å². The van der Waals surface area contributed by atoms with Gasteiger partial charge in [0, 0.05) is 28.7 Å². The first-order valence-electron chi connectivity index (χ1n) is 7.76. The molecule has 2 aromatic carbocycles. The lowest BCUT2D eigenvalue weighted by Gasteiger charge is -2.07. The van der Waals surface area contributed by atoms with Gasteiger partial charge in [-0.1, -0.05) is 41.9 Å². The Bertz CT molecular complexity index is 916. The van der Waals surface area contributed by atoms with Crippen molar-refractivity contribution in [3.05, 3.63) is 70.9 Å². The molecule has 1 amide bonds. The van der Waals surface area contributed by atoms with Crippen molar-refractivity contribution in [3.8, 4) is 0 Å². The Labute approximate surface area is 150 Å². The topological polar surface area (TPSA) is 60.3 Å². The van der Waals surface area contributed by atoms with Crippen LogP contribution in [-0.4, -0.2) is 23.6 Å². The third-order valence-corrected chi connectivity index (χ3v) is 4.16. The molecule has 1 heterocycles. The molecule has 0 saturated carbocycles. The van der Waals surface area contributed by atoms with Crippen molar-refractivity contribution in [2.24, 2.45) is 0 Å². The lowest BCUT2D eigenvalue weighted by atomic mass is 10.2. The molecule has 0 atom stereocenters. The van der Waals surface area contributed by atoms with E-state index < -0.39 is 5.97 Å². The molecule has 3 aromatic rings. The number of carbonyl (C=O) groups excluding carboxylic acids is 2. The summed E-state index contributed by atoms with van der Waals surface area (Å²) in [7, 11) is 1.34. The van der Waals surface area contributed by atoms with E-state index in [1.54, 1.807) is 22.9 Å². The molecule has 25 heavy (non-hydrogen) atoms. The average Bonchev–Trinajstić information content (AvgIpc) is 2.99. The Morgan fingerprint density at radius 3 is 2.56 bits per heavy atom. The van der Waals surface area contributed by atoms with Crippen molar-refractivity contribution >= 4 is 34.4 Å². The second-order valence-corrected chi connectivity index (χ2v) is 6.02. The summed E-state index contributed by atoms with van der Waals surface area (Å²) in [4.78, 5) is 24.2. The predicted octanol–water partition coefficient (Wildman–Crippen LogP) is 3.40. The standard InChI is InChI=1S/C19H17ClN2O3/c1-25-19(24)16-11-22(17-5-3-2-4-15(16)17)12-18(23)21-10-13-6-8-14(20)9-7-13/h2-9,11H,10,12H2,1H3,(H,21,23). The number of amides is 1. The quantitative estimate of drug-likeness (QED) is 0.713. The molecule has 0 aliphatic carbocycles. The summed E-state index contributed by atoms with van der Waals surface area (Å²) in [5, 5.41) is 4.29. The zero-order valence-corrected chi connectivity index (χ0v) is 14.4. The van der Waals surface area contributed by atoms with Gasteiger partial charge in [-0.15, -0.1) is 0 Å². The number of ether oxygens (including phenoxy) is 1. The Hall–Kier alpha value is -2.79. The van der Waals surface area contributed by atoms with Crippen molar-refractivity contribution in [3.63, 3.8) is 0 Å². The van der Waals surface area contributed by atoms with Crippen LogP contribution in [0.5, 0.6) is 0 Å². The van der Waals surface area contributed by atoms with Gasteiger partial charge in [0.05, 0.1) is 12.7 Å². The van der Waals surface area contributed by atoms with Crippen molar-refractivity contribution < 1.29 is 14.3 Å². The molecule has 1 aromatic heterocycles. The van der Waals surface area contributed by atoms with Gasteiger partial charge in [-0.3, -0.25) is 4.79 Å². The highest BCUT2D eigenvalue weighted by Crippen LogP contribution is 2.22. The second-order valence-electron chi connectivity index (χ2n) is 5.58. The minimum absolute atomic E-state index is 0.116. The highest BCUT2D eigenvalue weighted by Gasteiger charge is 2.16. The van der Waals surface area contributed by atoms with Gasteiger partial charge in [-0.25, -0.2) is 4.79 Å². The monoisotopic (exact) mass is 356 g/mol. The van der Waals surface area contributed by atoms with E-state index in [-0.39, 0.29) is 12.5 Å². The number of carbonyl (C=O) groups is 2. The van der Waals surface area contributed by atoms with Crippen LogP contribution in [0.1, 0.15) is 15.9 Å². The normalized spacial score (nSPS) is 10.6. The zero-order chi connectivity index (χ0) is 17.8. The minimum atomic E-state index is -0.420. The van der Waals surface area contributed by atoms with Crippen LogP contribution in [0.3, 0.4) is 0 Å². The van der Waals surface area contributed by atoms with E-state index in [1.165, 1.54) is 7.11 Å². The van der Waals surface area contributed by atoms with Crippen molar-refractivity contribution in [1.29, 1.82) is 0 Å². The maximum Gasteiger partial charge on any atom is 0.340 e. The van der Waals surface area contributed by atoms with Crippen LogP contribution in [0, 0.1) is 0 Å². The van der Waals surface area contributed by atoms with Crippen LogP contribution >= 0.6 is 11.6 Å².